The van der Waals surface area contributed by atoms with Crippen molar-refractivity contribution in [1.29, 1.82) is 0 Å². The van der Waals surface area contributed by atoms with Crippen LogP contribution in [0.1, 0.15) is 49.9 Å². The summed E-state index contributed by atoms with van der Waals surface area (Å²) in [5.74, 6) is -2.69. The fraction of sp³-hybridized carbons (Fsp3) is 0.517. The van der Waals surface area contributed by atoms with Crippen LogP contribution in [0.5, 0.6) is 5.75 Å². The standard InChI is InChI=1S/C29H36F3N3O3/c1-29(2,32)18-35-14-10-19(11-15-35)17-38-25-7-6-21(16-24(25)31)22-4-3-5-23(30)26(22)28(37)34-27(36)20-8-12-33-13-9-20/h3-7,16,19-20,33H,8-15,17-18H2,1-2H3,(H,34,36,37). The number of imide groups is 1. The molecule has 0 atom stereocenters. The van der Waals surface area contributed by atoms with E-state index < -0.39 is 29.1 Å². The van der Waals surface area contributed by atoms with Gasteiger partial charge in [-0.25, -0.2) is 13.2 Å². The third kappa shape index (κ3) is 7.35. The lowest BCUT2D eigenvalue weighted by Gasteiger charge is -2.34. The van der Waals surface area contributed by atoms with Crippen LogP contribution in [0.15, 0.2) is 36.4 Å². The number of hydrogen-bond donors (Lipinski definition) is 2. The first-order chi connectivity index (χ1) is 18.1. The molecule has 0 spiro atoms. The minimum atomic E-state index is -1.24. The lowest BCUT2D eigenvalue weighted by atomic mass is 9.95. The molecule has 2 aromatic rings. The monoisotopic (exact) mass is 531 g/mol. The smallest absolute Gasteiger partial charge is 0.261 e. The fourth-order valence-electron chi connectivity index (χ4n) is 5.19. The van der Waals surface area contributed by atoms with Crippen LogP contribution in [0.2, 0.25) is 0 Å². The maximum atomic E-state index is 15.0. The van der Waals surface area contributed by atoms with Crippen molar-refractivity contribution in [3.05, 3.63) is 53.6 Å². The number of halogens is 3. The molecule has 6 nitrogen and oxygen atoms in total. The van der Waals surface area contributed by atoms with E-state index in [4.69, 9.17) is 4.74 Å². The minimum absolute atomic E-state index is 0.0737. The van der Waals surface area contributed by atoms with Crippen molar-refractivity contribution in [2.24, 2.45) is 11.8 Å². The molecule has 0 saturated carbocycles. The quantitative estimate of drug-likeness (QED) is 0.482. The molecule has 0 unspecified atom stereocenters. The summed E-state index contributed by atoms with van der Waals surface area (Å²) in [6.07, 6.45) is 2.89. The number of likely N-dealkylation sites (tertiary alicyclic amines) is 1. The van der Waals surface area contributed by atoms with Crippen molar-refractivity contribution in [2.75, 3.05) is 39.3 Å². The van der Waals surface area contributed by atoms with Gasteiger partial charge < -0.3 is 15.0 Å². The zero-order valence-corrected chi connectivity index (χ0v) is 22.0. The fourth-order valence-corrected chi connectivity index (χ4v) is 5.19. The molecule has 0 aliphatic carbocycles. The van der Waals surface area contributed by atoms with Crippen LogP contribution in [0.25, 0.3) is 11.1 Å². The number of nitrogens with one attached hydrogen (secondary N) is 2. The zero-order valence-electron chi connectivity index (χ0n) is 22.0. The van der Waals surface area contributed by atoms with Gasteiger partial charge in [-0.3, -0.25) is 14.9 Å². The maximum absolute atomic E-state index is 15.0. The lowest BCUT2D eigenvalue weighted by molar-refractivity contribution is -0.124. The highest BCUT2D eigenvalue weighted by atomic mass is 19.1. The Kier molecular flexibility index (Phi) is 9.10. The van der Waals surface area contributed by atoms with Gasteiger partial charge in [-0.1, -0.05) is 18.2 Å². The molecule has 2 amide bonds. The highest BCUT2D eigenvalue weighted by molar-refractivity contribution is 6.09. The number of rotatable bonds is 8. The number of hydrogen-bond acceptors (Lipinski definition) is 5. The number of piperidine rings is 2. The van der Waals surface area contributed by atoms with Gasteiger partial charge in [0.25, 0.3) is 5.91 Å². The topological polar surface area (TPSA) is 70.7 Å². The summed E-state index contributed by atoms with van der Waals surface area (Å²) in [5.41, 5.74) is -1.05. The molecule has 2 fully saturated rings. The molecule has 206 valence electrons. The van der Waals surface area contributed by atoms with E-state index in [1.165, 1.54) is 24.3 Å². The second-order valence-electron chi connectivity index (χ2n) is 10.9. The maximum Gasteiger partial charge on any atom is 0.261 e. The third-order valence-corrected chi connectivity index (χ3v) is 7.21. The minimum Gasteiger partial charge on any atom is -0.490 e. The van der Waals surface area contributed by atoms with Crippen molar-refractivity contribution in [2.45, 2.75) is 45.2 Å². The molecule has 2 aliphatic rings. The van der Waals surface area contributed by atoms with E-state index in [2.05, 4.69) is 15.5 Å². The molecule has 2 N–H and O–H groups in total. The van der Waals surface area contributed by atoms with E-state index in [9.17, 15) is 22.8 Å². The van der Waals surface area contributed by atoms with E-state index in [1.807, 2.05) is 0 Å². The Balaban J connectivity index is 1.40. The summed E-state index contributed by atoms with van der Waals surface area (Å²) in [7, 11) is 0. The SMILES string of the molecule is CC(C)(F)CN1CCC(COc2ccc(-c3cccc(F)c3C(=O)NC(=O)C3CCNCC3)cc2F)CC1. The van der Waals surface area contributed by atoms with Crippen LogP contribution in [-0.2, 0) is 4.79 Å². The Bertz CT molecular complexity index is 1140. The first kappa shape index (κ1) is 28.1. The number of ether oxygens (including phenoxy) is 1. The normalized spacial score (nSPS) is 17.8. The van der Waals surface area contributed by atoms with Crippen molar-refractivity contribution in [3.63, 3.8) is 0 Å². The summed E-state index contributed by atoms with van der Waals surface area (Å²) >= 11 is 0. The molecule has 2 aliphatic heterocycles. The lowest BCUT2D eigenvalue weighted by Crippen LogP contribution is -2.41. The van der Waals surface area contributed by atoms with E-state index >= 15 is 0 Å². The highest BCUT2D eigenvalue weighted by Gasteiger charge is 2.27. The predicted molar refractivity (Wildman–Crippen MR) is 140 cm³/mol. The van der Waals surface area contributed by atoms with Gasteiger partial charge in [0.05, 0.1) is 12.2 Å². The van der Waals surface area contributed by atoms with Crippen molar-refractivity contribution >= 4 is 11.8 Å². The molecule has 0 radical (unpaired) electrons. The summed E-state index contributed by atoms with van der Waals surface area (Å²) in [5, 5.41) is 5.48. The van der Waals surface area contributed by atoms with Gasteiger partial charge in [-0.2, -0.15) is 0 Å². The third-order valence-electron chi connectivity index (χ3n) is 7.21. The highest BCUT2D eigenvalue weighted by Crippen LogP contribution is 2.31. The number of carbonyl (C=O) groups excluding carboxylic acids is 2. The van der Waals surface area contributed by atoms with Crippen LogP contribution in [0.4, 0.5) is 13.2 Å². The van der Waals surface area contributed by atoms with E-state index in [-0.39, 0.29) is 28.7 Å². The average Bonchev–Trinajstić information content (AvgIpc) is 2.88. The van der Waals surface area contributed by atoms with Gasteiger partial charge in [-0.05, 0) is 101 Å². The van der Waals surface area contributed by atoms with Gasteiger partial charge in [0.15, 0.2) is 11.6 Å². The Hall–Kier alpha value is -2.91. The molecule has 2 heterocycles. The first-order valence-electron chi connectivity index (χ1n) is 13.3. The van der Waals surface area contributed by atoms with E-state index in [0.717, 1.165) is 32.0 Å². The number of nitrogens with zero attached hydrogens (tertiary/aromatic N) is 1. The van der Waals surface area contributed by atoms with Gasteiger partial charge >= 0.3 is 0 Å². The number of amides is 2. The van der Waals surface area contributed by atoms with Crippen LogP contribution in [-0.4, -0.2) is 61.7 Å². The van der Waals surface area contributed by atoms with Crippen molar-refractivity contribution in [3.8, 4) is 16.9 Å². The van der Waals surface area contributed by atoms with Crippen LogP contribution in [0.3, 0.4) is 0 Å². The molecular weight excluding hydrogens is 495 g/mol. The molecular formula is C29H36F3N3O3. The molecule has 38 heavy (non-hydrogen) atoms. The predicted octanol–water partition coefficient (Wildman–Crippen LogP) is 4.73. The van der Waals surface area contributed by atoms with Gasteiger partial charge in [0, 0.05) is 12.5 Å². The van der Waals surface area contributed by atoms with Crippen molar-refractivity contribution < 1.29 is 27.5 Å². The van der Waals surface area contributed by atoms with Gasteiger partial charge in [0.1, 0.15) is 11.5 Å². The zero-order chi connectivity index (χ0) is 27.3. The number of benzene rings is 2. The average molecular weight is 532 g/mol. The first-order valence-corrected chi connectivity index (χ1v) is 13.3. The van der Waals surface area contributed by atoms with Crippen molar-refractivity contribution in [1.82, 2.24) is 15.5 Å². The van der Waals surface area contributed by atoms with Crippen LogP contribution >= 0.6 is 0 Å². The van der Waals surface area contributed by atoms with Gasteiger partial charge in [-0.15, -0.1) is 0 Å². The second kappa shape index (κ2) is 12.3. The molecule has 2 aromatic carbocycles. The summed E-state index contributed by atoms with van der Waals surface area (Å²) in [4.78, 5) is 27.6. The summed E-state index contributed by atoms with van der Waals surface area (Å²) in [6.45, 7) is 6.79. The van der Waals surface area contributed by atoms with E-state index in [1.54, 1.807) is 19.9 Å². The second-order valence-corrected chi connectivity index (χ2v) is 10.9. The molecule has 4 rings (SSSR count). The van der Waals surface area contributed by atoms with Gasteiger partial charge in [0.2, 0.25) is 5.91 Å². The van der Waals surface area contributed by atoms with E-state index in [0.29, 0.717) is 44.6 Å². The molecule has 2 saturated heterocycles. The Morgan fingerprint density at radius 3 is 2.42 bits per heavy atom. The number of carbonyl (C=O) groups is 2. The van der Waals surface area contributed by atoms with Crippen LogP contribution < -0.4 is 15.4 Å². The molecule has 0 bridgehead atoms. The van der Waals surface area contributed by atoms with Crippen LogP contribution in [0, 0.1) is 23.5 Å². The summed E-state index contributed by atoms with van der Waals surface area (Å²) < 4.78 is 49.4. The molecule has 9 heteroatoms. The number of alkyl halides is 1. The molecule has 0 aromatic heterocycles. The largest absolute Gasteiger partial charge is 0.490 e. The Morgan fingerprint density at radius 2 is 1.76 bits per heavy atom. The summed E-state index contributed by atoms with van der Waals surface area (Å²) in [6, 6.07) is 8.36. The Labute approximate surface area is 221 Å². The Morgan fingerprint density at radius 1 is 1.05 bits per heavy atom.